The lowest BCUT2D eigenvalue weighted by molar-refractivity contribution is -0.341. The molecule has 2 nitrogen and oxygen atoms in total. The average Bonchev–Trinajstić information content (AvgIpc) is 2.71. The van der Waals surface area contributed by atoms with Crippen molar-refractivity contribution in [2.45, 2.75) is 57.8 Å². The molecule has 15 heavy (non-hydrogen) atoms. The maximum atomic E-state index is 6.35. The lowest BCUT2D eigenvalue weighted by Crippen LogP contribution is -2.56. The molecule has 2 bridgehead atoms. The van der Waals surface area contributed by atoms with Gasteiger partial charge < -0.3 is 9.47 Å². The molecule has 86 valence electrons. The monoisotopic (exact) mass is 210 g/mol. The molecule has 3 rings (SSSR count). The van der Waals surface area contributed by atoms with Crippen LogP contribution in [-0.2, 0) is 9.47 Å². The smallest absolute Gasteiger partial charge is 0.163 e. The van der Waals surface area contributed by atoms with E-state index in [9.17, 15) is 0 Å². The first-order valence-electron chi connectivity index (χ1n) is 6.36. The second kappa shape index (κ2) is 2.98. The van der Waals surface area contributed by atoms with E-state index in [0.717, 1.165) is 18.4 Å². The summed E-state index contributed by atoms with van der Waals surface area (Å²) in [4.78, 5) is 0. The van der Waals surface area contributed by atoms with Crippen LogP contribution in [0.4, 0.5) is 0 Å². The highest BCUT2D eigenvalue weighted by Gasteiger charge is 2.58. The van der Waals surface area contributed by atoms with E-state index in [1.807, 2.05) is 0 Å². The van der Waals surface area contributed by atoms with Gasteiger partial charge in [-0.2, -0.15) is 0 Å². The summed E-state index contributed by atoms with van der Waals surface area (Å²) in [5.41, 5.74) is 0.157. The van der Waals surface area contributed by atoms with Crippen molar-refractivity contribution in [2.24, 2.45) is 17.8 Å². The molecule has 2 heteroatoms. The average molecular weight is 210 g/mol. The number of rotatable bonds is 0. The molecule has 0 aromatic heterocycles. The quantitative estimate of drug-likeness (QED) is 0.612. The molecule has 2 saturated carbocycles. The van der Waals surface area contributed by atoms with Crippen LogP contribution in [0, 0.1) is 17.8 Å². The lowest BCUT2D eigenvalue weighted by Gasteiger charge is -2.51. The summed E-state index contributed by atoms with van der Waals surface area (Å²) < 4.78 is 12.1. The molecule has 0 amide bonds. The molecular formula is C13H22O2. The number of fused-ring (bicyclic) bond motifs is 3. The van der Waals surface area contributed by atoms with Gasteiger partial charge in [0.2, 0.25) is 0 Å². The Morgan fingerprint density at radius 1 is 1.20 bits per heavy atom. The van der Waals surface area contributed by atoms with Crippen LogP contribution in [0.3, 0.4) is 0 Å². The summed E-state index contributed by atoms with van der Waals surface area (Å²) in [5.74, 6) is 1.95. The molecule has 2 aliphatic carbocycles. The summed E-state index contributed by atoms with van der Waals surface area (Å²) >= 11 is 0. The zero-order chi connectivity index (χ0) is 10.7. The standard InChI is InChI=1S/C13H22O2/c1-9-8-14-12(2,3)15-13(9)7-10-4-5-11(13)6-10/h9-11H,4-8H2,1-3H3. The third-order valence-corrected chi connectivity index (χ3v) is 4.79. The van der Waals surface area contributed by atoms with Gasteiger partial charge in [-0.15, -0.1) is 0 Å². The van der Waals surface area contributed by atoms with E-state index < -0.39 is 0 Å². The molecule has 1 saturated heterocycles. The van der Waals surface area contributed by atoms with Crippen LogP contribution in [-0.4, -0.2) is 18.0 Å². The predicted octanol–water partition coefficient (Wildman–Crippen LogP) is 2.96. The van der Waals surface area contributed by atoms with Crippen molar-refractivity contribution < 1.29 is 9.47 Å². The Morgan fingerprint density at radius 2 is 2.00 bits per heavy atom. The van der Waals surface area contributed by atoms with E-state index in [2.05, 4.69) is 20.8 Å². The minimum absolute atomic E-state index is 0.157. The van der Waals surface area contributed by atoms with Crippen LogP contribution in [0.25, 0.3) is 0 Å². The Balaban J connectivity index is 1.89. The minimum atomic E-state index is -0.364. The summed E-state index contributed by atoms with van der Waals surface area (Å²) in [5, 5.41) is 0. The van der Waals surface area contributed by atoms with Crippen molar-refractivity contribution in [1.82, 2.24) is 0 Å². The van der Waals surface area contributed by atoms with Crippen LogP contribution in [0.2, 0.25) is 0 Å². The fourth-order valence-corrected chi connectivity index (χ4v) is 4.10. The second-order valence-electron chi connectivity index (χ2n) is 6.25. The first-order chi connectivity index (χ1) is 7.02. The van der Waals surface area contributed by atoms with Crippen molar-refractivity contribution in [3.05, 3.63) is 0 Å². The third-order valence-electron chi connectivity index (χ3n) is 4.79. The lowest BCUT2D eigenvalue weighted by atomic mass is 9.74. The van der Waals surface area contributed by atoms with E-state index in [4.69, 9.17) is 9.47 Å². The van der Waals surface area contributed by atoms with Crippen LogP contribution in [0.5, 0.6) is 0 Å². The largest absolute Gasteiger partial charge is 0.350 e. The molecule has 1 aliphatic heterocycles. The van der Waals surface area contributed by atoms with Crippen molar-refractivity contribution in [1.29, 1.82) is 0 Å². The van der Waals surface area contributed by atoms with Gasteiger partial charge in [0.05, 0.1) is 12.2 Å². The SMILES string of the molecule is CC1COC(C)(C)OC12CC1CCC2C1. The van der Waals surface area contributed by atoms with E-state index in [1.165, 1.54) is 25.7 Å². The number of ether oxygens (including phenoxy) is 2. The first-order valence-corrected chi connectivity index (χ1v) is 6.36. The topological polar surface area (TPSA) is 18.5 Å². The molecule has 0 radical (unpaired) electrons. The fraction of sp³-hybridized carbons (Fsp3) is 1.00. The van der Waals surface area contributed by atoms with E-state index in [-0.39, 0.29) is 11.4 Å². The Labute approximate surface area is 92.3 Å². The Kier molecular flexibility index (Phi) is 2.01. The fourth-order valence-electron chi connectivity index (χ4n) is 4.10. The zero-order valence-corrected chi connectivity index (χ0v) is 10.1. The van der Waals surface area contributed by atoms with Crippen molar-refractivity contribution in [2.75, 3.05) is 6.61 Å². The molecule has 0 N–H and O–H groups in total. The van der Waals surface area contributed by atoms with Crippen molar-refractivity contribution in [3.63, 3.8) is 0 Å². The van der Waals surface area contributed by atoms with Crippen LogP contribution in [0.15, 0.2) is 0 Å². The Morgan fingerprint density at radius 3 is 2.60 bits per heavy atom. The maximum Gasteiger partial charge on any atom is 0.163 e. The molecule has 4 unspecified atom stereocenters. The van der Waals surface area contributed by atoms with E-state index >= 15 is 0 Å². The molecule has 3 aliphatic rings. The molecule has 1 heterocycles. The van der Waals surface area contributed by atoms with Gasteiger partial charge in [0.1, 0.15) is 0 Å². The van der Waals surface area contributed by atoms with Crippen molar-refractivity contribution in [3.8, 4) is 0 Å². The van der Waals surface area contributed by atoms with Crippen LogP contribution in [0.1, 0.15) is 46.5 Å². The Hall–Kier alpha value is -0.0800. The highest BCUT2D eigenvalue weighted by molar-refractivity contribution is 5.06. The minimum Gasteiger partial charge on any atom is -0.350 e. The molecule has 1 spiro atoms. The summed E-state index contributed by atoms with van der Waals surface area (Å²) in [7, 11) is 0. The second-order valence-corrected chi connectivity index (χ2v) is 6.25. The highest BCUT2D eigenvalue weighted by atomic mass is 16.7. The molecule has 3 fully saturated rings. The predicted molar refractivity (Wildman–Crippen MR) is 58.5 cm³/mol. The summed E-state index contributed by atoms with van der Waals surface area (Å²) in [6, 6.07) is 0. The highest BCUT2D eigenvalue weighted by Crippen LogP contribution is 2.58. The summed E-state index contributed by atoms with van der Waals surface area (Å²) in [6.07, 6.45) is 5.50. The van der Waals surface area contributed by atoms with Gasteiger partial charge in [-0.3, -0.25) is 0 Å². The molecule has 0 aromatic rings. The van der Waals surface area contributed by atoms with Gasteiger partial charge in [0.25, 0.3) is 0 Å². The molecule has 0 aromatic carbocycles. The molecule has 4 atom stereocenters. The molecular weight excluding hydrogens is 188 g/mol. The summed E-state index contributed by atoms with van der Waals surface area (Å²) in [6.45, 7) is 7.30. The zero-order valence-electron chi connectivity index (χ0n) is 10.1. The van der Waals surface area contributed by atoms with Gasteiger partial charge >= 0.3 is 0 Å². The maximum absolute atomic E-state index is 6.35. The van der Waals surface area contributed by atoms with Crippen molar-refractivity contribution >= 4 is 0 Å². The van der Waals surface area contributed by atoms with Gasteiger partial charge in [-0.1, -0.05) is 6.92 Å². The normalized spacial score (nSPS) is 52.6. The first kappa shape index (κ1) is 10.1. The van der Waals surface area contributed by atoms with Gasteiger partial charge in [-0.25, -0.2) is 0 Å². The van der Waals surface area contributed by atoms with E-state index in [1.54, 1.807) is 0 Å². The van der Waals surface area contributed by atoms with Gasteiger partial charge in [-0.05, 0) is 51.4 Å². The van der Waals surface area contributed by atoms with Gasteiger partial charge in [0, 0.05) is 5.92 Å². The Bertz CT molecular complexity index is 274. The third kappa shape index (κ3) is 1.38. The van der Waals surface area contributed by atoms with E-state index in [0.29, 0.717) is 5.92 Å². The number of hydrogen-bond acceptors (Lipinski definition) is 2. The van der Waals surface area contributed by atoms with Crippen LogP contribution >= 0.6 is 0 Å². The number of hydrogen-bond donors (Lipinski definition) is 0. The van der Waals surface area contributed by atoms with Gasteiger partial charge in [0.15, 0.2) is 5.79 Å². The van der Waals surface area contributed by atoms with Crippen LogP contribution < -0.4 is 0 Å².